The van der Waals surface area contributed by atoms with Gasteiger partial charge in [-0.2, -0.15) is 0 Å². The van der Waals surface area contributed by atoms with Crippen molar-refractivity contribution in [2.24, 2.45) is 0 Å². The van der Waals surface area contributed by atoms with Crippen molar-refractivity contribution >= 4 is 5.91 Å². The zero-order chi connectivity index (χ0) is 20.4. The van der Waals surface area contributed by atoms with Crippen LogP contribution in [0.25, 0.3) is 34.3 Å². The molecule has 0 aliphatic heterocycles. The van der Waals surface area contributed by atoms with Gasteiger partial charge in [0.1, 0.15) is 5.69 Å². The molecule has 0 N–H and O–H groups in total. The number of nitrogens with zero attached hydrogens (tertiary/aromatic N) is 5. The first-order chi connectivity index (χ1) is 14.0. The first-order valence-electron chi connectivity index (χ1n) is 9.06. The molecule has 7 heteroatoms. The van der Waals surface area contributed by atoms with Gasteiger partial charge in [0, 0.05) is 30.8 Å². The molecule has 29 heavy (non-hydrogen) atoms. The summed E-state index contributed by atoms with van der Waals surface area (Å²) in [5.41, 5.74) is 4.56. The molecule has 0 aliphatic carbocycles. The van der Waals surface area contributed by atoms with Gasteiger partial charge in [0.2, 0.25) is 5.89 Å². The maximum atomic E-state index is 12.0. The Bertz CT molecular complexity index is 1170. The van der Waals surface area contributed by atoms with Crippen LogP contribution in [0.1, 0.15) is 15.9 Å². The third-order valence-corrected chi connectivity index (χ3v) is 4.38. The molecule has 2 heterocycles. The van der Waals surface area contributed by atoms with E-state index >= 15 is 0 Å². The average Bonchev–Trinajstić information content (AvgIpc) is 3.24. The van der Waals surface area contributed by atoms with Gasteiger partial charge in [-0.3, -0.25) is 9.78 Å². The van der Waals surface area contributed by atoms with E-state index in [1.807, 2.05) is 43.3 Å². The Morgan fingerprint density at radius 1 is 0.897 bits per heavy atom. The van der Waals surface area contributed by atoms with Crippen molar-refractivity contribution in [3.8, 4) is 34.3 Å². The summed E-state index contributed by atoms with van der Waals surface area (Å²) in [7, 11) is 3.45. The molecule has 2 aromatic heterocycles. The molecular formula is C22H19N5O2. The number of amides is 1. The second-order valence-corrected chi connectivity index (χ2v) is 6.85. The molecule has 0 atom stereocenters. The predicted octanol–water partition coefficient (Wildman–Crippen LogP) is 3.87. The Morgan fingerprint density at radius 3 is 2.34 bits per heavy atom. The fourth-order valence-electron chi connectivity index (χ4n) is 2.87. The molecule has 1 amide bonds. The van der Waals surface area contributed by atoms with Crippen molar-refractivity contribution < 1.29 is 9.21 Å². The molecule has 4 aromatic rings. The van der Waals surface area contributed by atoms with Gasteiger partial charge < -0.3 is 9.32 Å². The van der Waals surface area contributed by atoms with E-state index in [0.29, 0.717) is 28.7 Å². The zero-order valence-corrected chi connectivity index (χ0v) is 16.3. The number of hydrogen-bond acceptors (Lipinski definition) is 6. The van der Waals surface area contributed by atoms with E-state index in [2.05, 4.69) is 20.2 Å². The lowest BCUT2D eigenvalue weighted by molar-refractivity contribution is 0.0827. The summed E-state index contributed by atoms with van der Waals surface area (Å²) in [4.78, 5) is 22.4. The summed E-state index contributed by atoms with van der Waals surface area (Å²) >= 11 is 0. The minimum Gasteiger partial charge on any atom is -0.415 e. The molecule has 0 spiro atoms. The second kappa shape index (κ2) is 7.63. The van der Waals surface area contributed by atoms with Gasteiger partial charge in [0.25, 0.3) is 11.8 Å². The monoisotopic (exact) mass is 385 g/mol. The molecule has 2 aromatic carbocycles. The van der Waals surface area contributed by atoms with E-state index in [-0.39, 0.29) is 5.91 Å². The van der Waals surface area contributed by atoms with Gasteiger partial charge in [-0.15, -0.1) is 10.2 Å². The number of aryl methyl sites for hydroxylation is 1. The Morgan fingerprint density at radius 2 is 1.62 bits per heavy atom. The number of benzene rings is 2. The summed E-state index contributed by atoms with van der Waals surface area (Å²) in [6.07, 6.45) is 3.24. The van der Waals surface area contributed by atoms with Crippen LogP contribution >= 0.6 is 0 Å². The Labute approximate surface area is 168 Å². The first kappa shape index (κ1) is 18.5. The smallest absolute Gasteiger partial charge is 0.268 e. The van der Waals surface area contributed by atoms with Crippen molar-refractivity contribution in [2.75, 3.05) is 14.1 Å². The van der Waals surface area contributed by atoms with Crippen LogP contribution in [-0.4, -0.2) is 45.1 Å². The molecule has 0 unspecified atom stereocenters. The van der Waals surface area contributed by atoms with Gasteiger partial charge >= 0.3 is 0 Å². The number of carbonyl (C=O) groups is 1. The van der Waals surface area contributed by atoms with Crippen LogP contribution < -0.4 is 0 Å². The highest BCUT2D eigenvalue weighted by molar-refractivity contribution is 5.94. The molecule has 0 saturated carbocycles. The molecule has 7 nitrogen and oxygen atoms in total. The number of rotatable bonds is 4. The van der Waals surface area contributed by atoms with Crippen molar-refractivity contribution in [2.45, 2.75) is 6.92 Å². The minimum atomic E-state index is -0.0501. The summed E-state index contributed by atoms with van der Waals surface area (Å²) in [6, 6.07) is 15.1. The van der Waals surface area contributed by atoms with Gasteiger partial charge in [0.15, 0.2) is 0 Å². The summed E-state index contributed by atoms with van der Waals surface area (Å²) in [5, 5.41) is 8.24. The lowest BCUT2D eigenvalue weighted by Gasteiger charge is -2.10. The number of aromatic nitrogens is 4. The number of hydrogen-bond donors (Lipinski definition) is 0. The van der Waals surface area contributed by atoms with Crippen LogP contribution in [0.3, 0.4) is 0 Å². The quantitative estimate of drug-likeness (QED) is 0.530. The van der Waals surface area contributed by atoms with Crippen LogP contribution in [0.4, 0.5) is 0 Å². The topological polar surface area (TPSA) is 85.0 Å². The molecular weight excluding hydrogens is 366 g/mol. The van der Waals surface area contributed by atoms with Crippen molar-refractivity contribution in [1.29, 1.82) is 0 Å². The fourth-order valence-corrected chi connectivity index (χ4v) is 2.87. The van der Waals surface area contributed by atoms with Gasteiger partial charge in [0.05, 0.1) is 18.1 Å². The standard InChI is InChI=1S/C22H19N5O2/c1-14-5-4-6-17(11-14)20-25-26-21(29-20)19-13-23-12-18(24-19)15-7-9-16(10-8-15)22(28)27(2)3/h4-13H,1-3H3. The highest BCUT2D eigenvalue weighted by Crippen LogP contribution is 2.25. The molecule has 0 fully saturated rings. The lowest BCUT2D eigenvalue weighted by Crippen LogP contribution is -2.21. The van der Waals surface area contributed by atoms with Gasteiger partial charge in [-0.25, -0.2) is 4.98 Å². The van der Waals surface area contributed by atoms with Gasteiger partial charge in [-0.1, -0.05) is 29.8 Å². The summed E-state index contributed by atoms with van der Waals surface area (Å²) in [5.74, 6) is 0.684. The molecule has 0 aliphatic rings. The first-order valence-corrected chi connectivity index (χ1v) is 9.06. The van der Waals surface area contributed by atoms with Crippen LogP contribution in [-0.2, 0) is 0 Å². The zero-order valence-electron chi connectivity index (χ0n) is 16.3. The maximum absolute atomic E-state index is 12.0. The van der Waals surface area contributed by atoms with Crippen LogP contribution in [0.15, 0.2) is 65.3 Å². The normalized spacial score (nSPS) is 10.7. The van der Waals surface area contributed by atoms with E-state index < -0.39 is 0 Å². The Hall–Kier alpha value is -3.87. The van der Waals surface area contributed by atoms with Crippen molar-refractivity contribution in [3.63, 3.8) is 0 Å². The summed E-state index contributed by atoms with van der Waals surface area (Å²) in [6.45, 7) is 2.01. The summed E-state index contributed by atoms with van der Waals surface area (Å²) < 4.78 is 5.80. The SMILES string of the molecule is Cc1cccc(-c2nnc(-c3cncc(-c4ccc(C(=O)N(C)C)cc4)n3)o2)c1. The Balaban J connectivity index is 1.62. The second-order valence-electron chi connectivity index (χ2n) is 6.85. The highest BCUT2D eigenvalue weighted by Gasteiger charge is 2.14. The van der Waals surface area contributed by atoms with Gasteiger partial charge in [-0.05, 0) is 31.2 Å². The minimum absolute atomic E-state index is 0.0501. The van der Waals surface area contributed by atoms with Crippen molar-refractivity contribution in [3.05, 3.63) is 72.1 Å². The average molecular weight is 385 g/mol. The number of carbonyl (C=O) groups excluding carboxylic acids is 1. The maximum Gasteiger partial charge on any atom is 0.268 e. The van der Waals surface area contributed by atoms with E-state index in [9.17, 15) is 4.79 Å². The molecule has 0 radical (unpaired) electrons. The highest BCUT2D eigenvalue weighted by atomic mass is 16.4. The van der Waals surface area contributed by atoms with E-state index in [1.165, 1.54) is 4.90 Å². The molecule has 0 bridgehead atoms. The van der Waals surface area contributed by atoms with E-state index in [1.54, 1.807) is 38.6 Å². The third kappa shape index (κ3) is 3.89. The van der Waals surface area contributed by atoms with Crippen molar-refractivity contribution in [1.82, 2.24) is 25.1 Å². The molecule has 144 valence electrons. The Kier molecular flexibility index (Phi) is 4.87. The fraction of sp³-hybridized carbons (Fsp3) is 0.136. The largest absolute Gasteiger partial charge is 0.415 e. The van der Waals surface area contributed by atoms with Crippen LogP contribution in [0.2, 0.25) is 0 Å². The predicted molar refractivity (Wildman–Crippen MR) is 109 cm³/mol. The van der Waals surface area contributed by atoms with Crippen LogP contribution in [0, 0.1) is 6.92 Å². The lowest BCUT2D eigenvalue weighted by atomic mass is 10.1. The molecule has 0 saturated heterocycles. The van der Waals surface area contributed by atoms with E-state index in [4.69, 9.17) is 4.42 Å². The van der Waals surface area contributed by atoms with E-state index in [0.717, 1.165) is 16.7 Å². The van der Waals surface area contributed by atoms with Crippen LogP contribution in [0.5, 0.6) is 0 Å². The molecule has 4 rings (SSSR count). The third-order valence-electron chi connectivity index (χ3n) is 4.38.